The predicted octanol–water partition coefficient (Wildman–Crippen LogP) is 4.59. The van der Waals surface area contributed by atoms with Crippen molar-refractivity contribution in [1.29, 1.82) is 0 Å². The third kappa shape index (κ3) is 7.23. The number of aryl methyl sites for hydroxylation is 2. The summed E-state index contributed by atoms with van der Waals surface area (Å²) in [4.78, 5) is 28.4. The number of nitrogens with one attached hydrogen (secondary N) is 1. The number of halogens is 1. The molecular formula is C27H36ClN3O4S. The van der Waals surface area contributed by atoms with Gasteiger partial charge in [0, 0.05) is 17.6 Å². The number of carbonyl (C=O) groups excluding carboxylic acids is 2. The van der Waals surface area contributed by atoms with Gasteiger partial charge in [-0.1, -0.05) is 61.2 Å². The molecule has 0 aromatic heterocycles. The van der Waals surface area contributed by atoms with Gasteiger partial charge in [-0.3, -0.25) is 13.9 Å². The Balaban J connectivity index is 1.91. The first kappa shape index (κ1) is 28.0. The van der Waals surface area contributed by atoms with E-state index in [1.807, 2.05) is 31.2 Å². The first-order chi connectivity index (χ1) is 17.0. The minimum atomic E-state index is -3.81. The molecule has 7 nitrogen and oxygen atoms in total. The summed E-state index contributed by atoms with van der Waals surface area (Å²) >= 11 is 6.15. The molecule has 9 heteroatoms. The van der Waals surface area contributed by atoms with Crippen molar-refractivity contribution in [1.82, 2.24) is 10.2 Å². The fraction of sp³-hybridized carbons (Fsp3) is 0.481. The van der Waals surface area contributed by atoms with Crippen LogP contribution in [-0.4, -0.2) is 50.0 Å². The molecule has 0 bridgehead atoms. The van der Waals surface area contributed by atoms with Crippen LogP contribution in [0.1, 0.15) is 55.7 Å². The SMILES string of the molecule is Cc1ccccc1CN(C(=O)CN(c1cc(Cl)ccc1C)S(C)(=O)=O)C(C)C(=O)NC1CCCCC1. The Hall–Kier alpha value is -2.58. The van der Waals surface area contributed by atoms with Crippen LogP contribution in [0, 0.1) is 13.8 Å². The zero-order valence-electron chi connectivity index (χ0n) is 21.5. The van der Waals surface area contributed by atoms with Crippen molar-refractivity contribution in [2.45, 2.75) is 71.5 Å². The van der Waals surface area contributed by atoms with Crippen LogP contribution in [0.4, 0.5) is 5.69 Å². The van der Waals surface area contributed by atoms with Crippen LogP contribution in [0.15, 0.2) is 42.5 Å². The molecule has 2 amide bonds. The number of rotatable bonds is 9. The second-order valence-corrected chi connectivity index (χ2v) is 12.0. The number of carbonyl (C=O) groups is 2. The zero-order chi connectivity index (χ0) is 26.5. The van der Waals surface area contributed by atoms with Crippen molar-refractivity contribution in [3.05, 3.63) is 64.2 Å². The maximum atomic E-state index is 13.7. The minimum Gasteiger partial charge on any atom is -0.352 e. The van der Waals surface area contributed by atoms with Gasteiger partial charge in [0.2, 0.25) is 21.8 Å². The highest BCUT2D eigenvalue weighted by Crippen LogP contribution is 2.27. The van der Waals surface area contributed by atoms with Crippen molar-refractivity contribution in [3.63, 3.8) is 0 Å². The summed E-state index contributed by atoms with van der Waals surface area (Å²) in [5.74, 6) is -0.692. The van der Waals surface area contributed by atoms with Crippen LogP contribution in [0.3, 0.4) is 0 Å². The number of benzene rings is 2. The van der Waals surface area contributed by atoms with Crippen molar-refractivity contribution >= 4 is 39.1 Å². The zero-order valence-corrected chi connectivity index (χ0v) is 23.0. The van der Waals surface area contributed by atoms with Crippen LogP contribution in [0.5, 0.6) is 0 Å². The largest absolute Gasteiger partial charge is 0.352 e. The Bertz CT molecular complexity index is 1200. The molecule has 0 saturated heterocycles. The van der Waals surface area contributed by atoms with Gasteiger partial charge < -0.3 is 10.2 Å². The topological polar surface area (TPSA) is 86.8 Å². The van der Waals surface area contributed by atoms with Gasteiger partial charge in [-0.25, -0.2) is 8.42 Å². The lowest BCUT2D eigenvalue weighted by Crippen LogP contribution is -2.53. The lowest BCUT2D eigenvalue weighted by Gasteiger charge is -2.33. The van der Waals surface area contributed by atoms with Crippen LogP contribution >= 0.6 is 11.6 Å². The van der Waals surface area contributed by atoms with Crippen molar-refractivity contribution in [2.75, 3.05) is 17.1 Å². The van der Waals surface area contributed by atoms with Gasteiger partial charge >= 0.3 is 0 Å². The van der Waals surface area contributed by atoms with E-state index in [2.05, 4.69) is 5.32 Å². The highest BCUT2D eigenvalue weighted by atomic mass is 35.5. The first-order valence-electron chi connectivity index (χ1n) is 12.4. The molecule has 0 spiro atoms. The third-order valence-electron chi connectivity index (χ3n) is 6.84. The smallest absolute Gasteiger partial charge is 0.244 e. The van der Waals surface area contributed by atoms with Crippen LogP contribution in [0.2, 0.25) is 5.02 Å². The molecule has 0 radical (unpaired) electrons. The molecule has 1 aliphatic carbocycles. The second-order valence-electron chi connectivity index (χ2n) is 9.67. The second kappa shape index (κ2) is 12.1. The highest BCUT2D eigenvalue weighted by molar-refractivity contribution is 7.92. The van der Waals surface area contributed by atoms with E-state index in [4.69, 9.17) is 11.6 Å². The Morgan fingerprint density at radius 2 is 1.72 bits per heavy atom. The van der Waals surface area contributed by atoms with Gasteiger partial charge in [-0.2, -0.15) is 0 Å². The molecule has 196 valence electrons. The van der Waals surface area contributed by atoms with E-state index in [1.54, 1.807) is 26.0 Å². The van der Waals surface area contributed by atoms with E-state index in [1.165, 1.54) is 17.4 Å². The van der Waals surface area contributed by atoms with Crippen LogP contribution in [-0.2, 0) is 26.2 Å². The predicted molar refractivity (Wildman–Crippen MR) is 145 cm³/mol. The van der Waals surface area contributed by atoms with Crippen molar-refractivity contribution < 1.29 is 18.0 Å². The van der Waals surface area contributed by atoms with E-state index >= 15 is 0 Å². The molecule has 2 aromatic rings. The normalized spacial score (nSPS) is 15.2. The van der Waals surface area contributed by atoms with Crippen molar-refractivity contribution in [3.8, 4) is 0 Å². The Morgan fingerprint density at radius 1 is 1.06 bits per heavy atom. The summed E-state index contributed by atoms with van der Waals surface area (Å²) in [6.07, 6.45) is 6.25. The quantitative estimate of drug-likeness (QED) is 0.511. The maximum Gasteiger partial charge on any atom is 0.244 e. The highest BCUT2D eigenvalue weighted by Gasteiger charge is 2.31. The summed E-state index contributed by atoms with van der Waals surface area (Å²) in [6, 6.07) is 11.9. The number of amides is 2. The Kier molecular flexibility index (Phi) is 9.41. The number of anilines is 1. The molecule has 1 N–H and O–H groups in total. The van der Waals surface area contributed by atoms with Gasteiger partial charge in [0.25, 0.3) is 0 Å². The summed E-state index contributed by atoms with van der Waals surface area (Å²) < 4.78 is 26.6. The monoisotopic (exact) mass is 533 g/mol. The average Bonchev–Trinajstić information content (AvgIpc) is 2.83. The molecule has 1 unspecified atom stereocenters. The third-order valence-corrected chi connectivity index (χ3v) is 8.20. The van der Waals surface area contributed by atoms with Gasteiger partial charge in [-0.05, 0) is 62.4 Å². The molecular weight excluding hydrogens is 498 g/mol. The van der Waals surface area contributed by atoms with Gasteiger partial charge in [0.1, 0.15) is 12.6 Å². The number of hydrogen-bond acceptors (Lipinski definition) is 4. The number of hydrogen-bond donors (Lipinski definition) is 1. The van der Waals surface area contributed by atoms with Gasteiger partial charge in [0.15, 0.2) is 0 Å². The molecule has 1 atom stereocenters. The molecule has 0 aliphatic heterocycles. The van der Waals surface area contributed by atoms with E-state index in [9.17, 15) is 18.0 Å². The van der Waals surface area contributed by atoms with Gasteiger partial charge in [-0.15, -0.1) is 0 Å². The van der Waals surface area contributed by atoms with E-state index in [0.29, 0.717) is 16.3 Å². The minimum absolute atomic E-state index is 0.103. The summed E-state index contributed by atoms with van der Waals surface area (Å²) in [5, 5.41) is 3.47. The van der Waals surface area contributed by atoms with Crippen LogP contribution in [0.25, 0.3) is 0 Å². The fourth-order valence-corrected chi connectivity index (χ4v) is 5.63. The standard InChI is InChI=1S/C27H36ClN3O4S/c1-19-10-8-9-11-22(19)17-30(21(3)27(33)29-24-12-6-5-7-13-24)26(32)18-31(36(4,34)35)25-16-23(28)15-14-20(25)2/h8-11,14-16,21,24H,5-7,12-13,17-18H2,1-4H3,(H,29,33). The summed E-state index contributed by atoms with van der Waals surface area (Å²) in [6.45, 7) is 5.16. The molecule has 1 fully saturated rings. The van der Waals surface area contributed by atoms with E-state index in [0.717, 1.165) is 47.4 Å². The Labute approximate surface area is 219 Å². The van der Waals surface area contributed by atoms with E-state index < -0.39 is 28.5 Å². The number of nitrogens with zero attached hydrogens (tertiary/aromatic N) is 2. The molecule has 0 heterocycles. The fourth-order valence-electron chi connectivity index (χ4n) is 4.57. The van der Waals surface area contributed by atoms with E-state index in [-0.39, 0.29) is 18.5 Å². The lowest BCUT2D eigenvalue weighted by molar-refractivity contribution is -0.139. The number of sulfonamides is 1. The molecule has 2 aromatic carbocycles. The molecule has 1 saturated carbocycles. The van der Waals surface area contributed by atoms with Gasteiger partial charge in [0.05, 0.1) is 11.9 Å². The summed E-state index contributed by atoms with van der Waals surface area (Å²) in [5.41, 5.74) is 2.90. The lowest BCUT2D eigenvalue weighted by atomic mass is 9.95. The molecule has 3 rings (SSSR count). The average molecular weight is 534 g/mol. The maximum absolute atomic E-state index is 13.7. The Morgan fingerprint density at radius 3 is 2.36 bits per heavy atom. The first-order valence-corrected chi connectivity index (χ1v) is 14.6. The molecule has 1 aliphatic rings. The van der Waals surface area contributed by atoms with Crippen LogP contribution < -0.4 is 9.62 Å². The molecule has 36 heavy (non-hydrogen) atoms. The summed E-state index contributed by atoms with van der Waals surface area (Å²) in [7, 11) is -3.81. The van der Waals surface area contributed by atoms with Crippen molar-refractivity contribution in [2.24, 2.45) is 0 Å².